The molecule has 240 valence electrons. The van der Waals surface area contributed by atoms with Crippen molar-refractivity contribution in [1.29, 1.82) is 0 Å². The smallest absolute Gasteiger partial charge is 0.346 e. The zero-order chi connectivity index (χ0) is 32.9. The van der Waals surface area contributed by atoms with Crippen molar-refractivity contribution in [3.8, 4) is 16.9 Å². The number of rotatable bonds is 12. The fourth-order valence-electron chi connectivity index (χ4n) is 5.46. The molecule has 1 heterocycles. The third kappa shape index (κ3) is 7.59. The highest BCUT2D eigenvalue weighted by atomic mass is 32.2. The number of aromatic nitrogens is 3. The van der Waals surface area contributed by atoms with E-state index in [1.165, 1.54) is 18.2 Å². The van der Waals surface area contributed by atoms with E-state index in [2.05, 4.69) is 61.9 Å². The van der Waals surface area contributed by atoms with E-state index >= 15 is 0 Å². The Hall–Kier alpha value is -4.63. The second-order valence-corrected chi connectivity index (χ2v) is 14.1. The Kier molecular flexibility index (Phi) is 9.82. The number of sulfonamides is 1. The maximum Gasteiger partial charge on any atom is 0.346 e. The third-order valence-electron chi connectivity index (χ3n) is 8.12. The van der Waals surface area contributed by atoms with E-state index in [-0.39, 0.29) is 16.0 Å². The van der Waals surface area contributed by atoms with Crippen LogP contribution in [0.4, 0.5) is 5.69 Å². The lowest BCUT2D eigenvalue weighted by Gasteiger charge is -2.19. The number of aryl methyl sites for hydroxylation is 2. The van der Waals surface area contributed by atoms with Gasteiger partial charge in [-0.15, -0.1) is 0 Å². The second kappa shape index (κ2) is 13.8. The molecule has 0 fully saturated rings. The van der Waals surface area contributed by atoms with Crippen molar-refractivity contribution >= 4 is 15.7 Å². The number of nitrogens with zero attached hydrogens (tertiary/aromatic N) is 3. The first-order chi connectivity index (χ1) is 22.0. The fraction of sp³-hybridized carbons (Fsp3) is 0.297. The monoisotopic (exact) mass is 638 g/mol. The van der Waals surface area contributed by atoms with Crippen LogP contribution in [0.2, 0.25) is 0 Å². The molecule has 0 aliphatic heterocycles. The first kappa shape index (κ1) is 32.8. The van der Waals surface area contributed by atoms with Gasteiger partial charge in [0.15, 0.2) is 0 Å². The molecule has 4 aromatic carbocycles. The number of nitrogens with one attached hydrogen (secondary N) is 1. The van der Waals surface area contributed by atoms with Crippen LogP contribution in [0.25, 0.3) is 11.1 Å². The van der Waals surface area contributed by atoms with Crippen LogP contribution in [0.1, 0.15) is 56.6 Å². The van der Waals surface area contributed by atoms with Gasteiger partial charge in [-0.05, 0) is 77.3 Å². The molecule has 0 radical (unpaired) electrons. The summed E-state index contributed by atoms with van der Waals surface area (Å²) in [5.74, 6) is 1.24. The van der Waals surface area contributed by atoms with Crippen molar-refractivity contribution in [3.05, 3.63) is 130 Å². The average Bonchev–Trinajstić information content (AvgIpc) is 3.34. The van der Waals surface area contributed by atoms with Gasteiger partial charge in [0.25, 0.3) is 10.0 Å². The van der Waals surface area contributed by atoms with Crippen LogP contribution in [0.15, 0.2) is 107 Å². The van der Waals surface area contributed by atoms with Crippen molar-refractivity contribution in [2.24, 2.45) is 0 Å². The molecule has 0 unspecified atom stereocenters. The number of anilines is 1. The van der Waals surface area contributed by atoms with E-state index < -0.39 is 10.0 Å². The van der Waals surface area contributed by atoms with E-state index in [0.29, 0.717) is 30.9 Å². The summed E-state index contributed by atoms with van der Waals surface area (Å²) < 4.78 is 37.4. The first-order valence-electron chi connectivity index (χ1n) is 15.6. The molecular weight excluding hydrogens is 596 g/mol. The summed E-state index contributed by atoms with van der Waals surface area (Å²) in [7, 11) is -2.26. The second-order valence-electron chi connectivity index (χ2n) is 12.4. The molecular formula is C37H42N4O4S. The van der Waals surface area contributed by atoms with Crippen LogP contribution >= 0.6 is 0 Å². The molecule has 0 saturated carbocycles. The zero-order valence-electron chi connectivity index (χ0n) is 27.2. The van der Waals surface area contributed by atoms with E-state index in [0.717, 1.165) is 35.4 Å². The summed E-state index contributed by atoms with van der Waals surface area (Å²) in [6, 6.07) is 30.4. The molecule has 0 aliphatic carbocycles. The minimum atomic E-state index is -3.77. The van der Waals surface area contributed by atoms with Crippen LogP contribution in [0.5, 0.6) is 5.75 Å². The Bertz CT molecular complexity index is 1940. The zero-order valence-corrected chi connectivity index (χ0v) is 28.0. The summed E-state index contributed by atoms with van der Waals surface area (Å²) in [5.41, 5.74) is 5.69. The standard InChI is InChI=1S/C37H42N4O4S/c1-6-40-35(38-41(36(40)42)26-28-17-22-31(23-18-28)37(2,3)4)14-10-11-27-15-19-29(20-16-27)30-21-24-34(45-5)33(25-30)39-46(43,44)32-12-8-7-9-13-32/h7-9,12-13,15-25,39H,6,10-11,14,26H2,1-5H3. The molecule has 0 bridgehead atoms. The summed E-state index contributed by atoms with van der Waals surface area (Å²) in [4.78, 5) is 13.3. The maximum absolute atomic E-state index is 13.1. The van der Waals surface area contributed by atoms with E-state index in [9.17, 15) is 13.2 Å². The van der Waals surface area contributed by atoms with Gasteiger partial charge in [-0.2, -0.15) is 5.10 Å². The first-order valence-corrected chi connectivity index (χ1v) is 17.1. The maximum atomic E-state index is 13.1. The van der Waals surface area contributed by atoms with Gasteiger partial charge in [0, 0.05) is 13.0 Å². The van der Waals surface area contributed by atoms with Crippen LogP contribution in [-0.2, 0) is 41.4 Å². The summed E-state index contributed by atoms with van der Waals surface area (Å²) in [6.07, 6.45) is 2.39. The van der Waals surface area contributed by atoms with Crippen LogP contribution < -0.4 is 15.1 Å². The highest BCUT2D eigenvalue weighted by Gasteiger charge is 2.18. The highest BCUT2D eigenvalue weighted by Crippen LogP contribution is 2.32. The molecule has 9 heteroatoms. The number of methoxy groups -OCH3 is 1. The molecule has 5 rings (SSSR count). The molecule has 1 N–H and O–H groups in total. The normalized spacial score (nSPS) is 11.8. The number of ether oxygens (including phenoxy) is 1. The van der Waals surface area contributed by atoms with E-state index in [4.69, 9.17) is 9.84 Å². The Morgan fingerprint density at radius 2 is 1.48 bits per heavy atom. The number of hydrogen-bond donors (Lipinski definition) is 1. The van der Waals surface area contributed by atoms with Gasteiger partial charge in [-0.25, -0.2) is 17.9 Å². The summed E-state index contributed by atoms with van der Waals surface area (Å²) in [6.45, 7) is 9.57. The predicted molar refractivity (Wildman–Crippen MR) is 184 cm³/mol. The number of hydrogen-bond acceptors (Lipinski definition) is 5. The van der Waals surface area contributed by atoms with Crippen LogP contribution in [0, 0.1) is 0 Å². The molecule has 1 aromatic heterocycles. The average molecular weight is 639 g/mol. The molecule has 8 nitrogen and oxygen atoms in total. The van der Waals surface area contributed by atoms with Crippen molar-refractivity contribution in [2.75, 3.05) is 11.8 Å². The largest absolute Gasteiger partial charge is 0.495 e. The SMILES string of the molecule is CCn1c(CCCc2ccc(-c3ccc(OC)c(NS(=O)(=O)c4ccccc4)c3)cc2)nn(Cc2ccc(C(C)(C)C)cc2)c1=O. The van der Waals surface area contributed by atoms with Crippen LogP contribution in [0.3, 0.4) is 0 Å². The predicted octanol–water partition coefficient (Wildman–Crippen LogP) is 7.06. The Morgan fingerprint density at radius 1 is 0.826 bits per heavy atom. The van der Waals surface area contributed by atoms with Crippen molar-refractivity contribution in [2.45, 2.75) is 70.4 Å². The van der Waals surface area contributed by atoms with Gasteiger partial charge in [0.2, 0.25) is 0 Å². The molecule has 0 amide bonds. The molecule has 0 aliphatic rings. The molecule has 0 saturated heterocycles. The van der Waals surface area contributed by atoms with Crippen molar-refractivity contribution in [1.82, 2.24) is 14.3 Å². The van der Waals surface area contributed by atoms with Gasteiger partial charge < -0.3 is 4.74 Å². The van der Waals surface area contributed by atoms with Gasteiger partial charge in [0.05, 0.1) is 24.2 Å². The van der Waals surface area contributed by atoms with E-state index in [1.807, 2.05) is 25.1 Å². The summed E-state index contributed by atoms with van der Waals surface area (Å²) >= 11 is 0. The van der Waals surface area contributed by atoms with Gasteiger partial charge in [-0.3, -0.25) is 9.29 Å². The van der Waals surface area contributed by atoms with Gasteiger partial charge >= 0.3 is 5.69 Å². The Balaban J connectivity index is 1.24. The lowest BCUT2D eigenvalue weighted by molar-refractivity contribution is 0.417. The minimum absolute atomic E-state index is 0.0772. The Morgan fingerprint density at radius 3 is 2.11 bits per heavy atom. The molecule has 46 heavy (non-hydrogen) atoms. The van der Waals surface area contributed by atoms with Crippen molar-refractivity contribution < 1.29 is 13.2 Å². The fourth-order valence-corrected chi connectivity index (χ4v) is 6.54. The summed E-state index contributed by atoms with van der Waals surface area (Å²) in [5, 5.41) is 4.71. The molecule has 5 aromatic rings. The lowest BCUT2D eigenvalue weighted by Crippen LogP contribution is -2.25. The minimum Gasteiger partial charge on any atom is -0.495 e. The third-order valence-corrected chi connectivity index (χ3v) is 9.50. The Labute approximate surface area is 271 Å². The molecule has 0 atom stereocenters. The van der Waals surface area contributed by atoms with E-state index in [1.54, 1.807) is 51.7 Å². The topological polar surface area (TPSA) is 95.2 Å². The number of benzene rings is 4. The van der Waals surface area contributed by atoms with Crippen LogP contribution in [-0.4, -0.2) is 29.9 Å². The molecule has 0 spiro atoms. The van der Waals surface area contributed by atoms with Gasteiger partial charge in [0.1, 0.15) is 11.6 Å². The van der Waals surface area contributed by atoms with Crippen molar-refractivity contribution in [3.63, 3.8) is 0 Å². The lowest BCUT2D eigenvalue weighted by atomic mass is 9.87. The van der Waals surface area contributed by atoms with Gasteiger partial charge in [-0.1, -0.05) is 93.6 Å². The highest BCUT2D eigenvalue weighted by molar-refractivity contribution is 7.92. The quantitative estimate of drug-likeness (QED) is 0.158.